The first kappa shape index (κ1) is 12.2. The van der Waals surface area contributed by atoms with Gasteiger partial charge in [0.2, 0.25) is 5.23 Å². The van der Waals surface area contributed by atoms with Crippen molar-refractivity contribution in [2.45, 2.75) is 19.4 Å². The lowest BCUT2D eigenvalue weighted by molar-refractivity contribution is 0.102. The van der Waals surface area contributed by atoms with Crippen molar-refractivity contribution in [2.75, 3.05) is 12.4 Å². The van der Waals surface area contributed by atoms with Crippen LogP contribution in [0.3, 0.4) is 0 Å². The van der Waals surface area contributed by atoms with Crippen LogP contribution in [-0.4, -0.2) is 28.9 Å². The molecule has 0 spiro atoms. The number of nitrogens with zero attached hydrogens (tertiary/aromatic N) is 1. The van der Waals surface area contributed by atoms with Gasteiger partial charge in [-0.3, -0.25) is 4.79 Å². The third kappa shape index (κ3) is 3.33. The van der Waals surface area contributed by atoms with Crippen molar-refractivity contribution in [1.29, 1.82) is 0 Å². The second kappa shape index (κ2) is 4.92. The number of thioether (sulfide) groups is 1. The molecule has 0 fully saturated rings. The molecular weight excluding hydrogens is 234 g/mol. The second-order valence-electron chi connectivity index (χ2n) is 4.56. The van der Waals surface area contributed by atoms with E-state index < -0.39 is 0 Å². The minimum atomic E-state index is -0.155. The van der Waals surface area contributed by atoms with Crippen LogP contribution in [0.25, 0.3) is 0 Å². The van der Waals surface area contributed by atoms with E-state index in [4.69, 9.17) is 4.74 Å². The maximum atomic E-state index is 11.8. The van der Waals surface area contributed by atoms with Gasteiger partial charge in [-0.25, -0.2) is 4.99 Å². The van der Waals surface area contributed by atoms with Gasteiger partial charge in [0.1, 0.15) is 6.61 Å². The molecule has 17 heavy (non-hydrogen) atoms. The Kier molecular flexibility index (Phi) is 3.52. The Morgan fingerprint density at radius 3 is 2.71 bits per heavy atom. The molecule has 0 radical (unpaired) electrons. The molecule has 4 heteroatoms. The van der Waals surface area contributed by atoms with Gasteiger partial charge >= 0.3 is 0 Å². The molecule has 1 aliphatic rings. The lowest BCUT2D eigenvalue weighted by atomic mass is 10.1. The summed E-state index contributed by atoms with van der Waals surface area (Å²) in [5, 5.41) is 0.624. The highest BCUT2D eigenvalue weighted by atomic mass is 32.2. The van der Waals surface area contributed by atoms with Crippen molar-refractivity contribution in [2.24, 2.45) is 4.99 Å². The summed E-state index contributed by atoms with van der Waals surface area (Å²) in [7, 11) is 0. The van der Waals surface area contributed by atoms with Gasteiger partial charge < -0.3 is 4.74 Å². The van der Waals surface area contributed by atoms with Crippen LogP contribution in [0.15, 0.2) is 35.3 Å². The number of Topliss-reactive ketones (excluding diaryl/α,β-unsaturated/α-hetero) is 1. The quantitative estimate of drug-likeness (QED) is 0.773. The number of carbonyl (C=O) groups is 1. The third-order valence-electron chi connectivity index (χ3n) is 2.37. The van der Waals surface area contributed by atoms with E-state index in [0.717, 1.165) is 5.56 Å². The molecule has 0 N–H and O–H groups in total. The molecule has 0 atom stereocenters. The lowest BCUT2D eigenvalue weighted by Crippen LogP contribution is -2.17. The molecule has 1 aliphatic heterocycles. The fourth-order valence-corrected chi connectivity index (χ4v) is 2.33. The number of benzene rings is 1. The van der Waals surface area contributed by atoms with Gasteiger partial charge in [-0.15, -0.1) is 0 Å². The highest BCUT2D eigenvalue weighted by molar-refractivity contribution is 8.14. The number of ketones is 1. The molecule has 0 bridgehead atoms. The number of hydrogen-bond donors (Lipinski definition) is 0. The summed E-state index contributed by atoms with van der Waals surface area (Å²) in [6.07, 6.45) is 0. The Balaban J connectivity index is 1.90. The lowest BCUT2D eigenvalue weighted by Gasteiger charge is -2.07. The smallest absolute Gasteiger partial charge is 0.246 e. The Bertz CT molecular complexity index is 440. The molecule has 3 nitrogen and oxygen atoms in total. The fourth-order valence-electron chi connectivity index (χ4n) is 1.46. The van der Waals surface area contributed by atoms with Crippen molar-refractivity contribution in [3.05, 3.63) is 35.9 Å². The van der Waals surface area contributed by atoms with Gasteiger partial charge in [-0.05, 0) is 13.8 Å². The number of rotatable bonds is 3. The van der Waals surface area contributed by atoms with Gasteiger partial charge in [-0.2, -0.15) is 0 Å². The van der Waals surface area contributed by atoms with Crippen LogP contribution in [0.5, 0.6) is 0 Å². The Morgan fingerprint density at radius 2 is 2.12 bits per heavy atom. The molecule has 0 aliphatic carbocycles. The molecule has 1 aromatic carbocycles. The number of aliphatic imine (C=N–C) groups is 1. The van der Waals surface area contributed by atoms with Crippen LogP contribution < -0.4 is 0 Å². The average molecular weight is 249 g/mol. The molecule has 0 saturated heterocycles. The minimum Gasteiger partial charge on any atom is -0.470 e. The fraction of sp³-hybridized carbons (Fsp3) is 0.385. The SMILES string of the molecule is CC1(C)COC(SCC(=O)c2ccccc2)=N1. The van der Waals surface area contributed by atoms with Gasteiger partial charge in [-0.1, -0.05) is 42.1 Å². The van der Waals surface area contributed by atoms with Crippen molar-refractivity contribution in [3.63, 3.8) is 0 Å². The van der Waals surface area contributed by atoms with Crippen molar-refractivity contribution in [3.8, 4) is 0 Å². The van der Waals surface area contributed by atoms with E-state index in [-0.39, 0.29) is 11.3 Å². The van der Waals surface area contributed by atoms with Crippen LogP contribution in [0, 0.1) is 0 Å². The van der Waals surface area contributed by atoms with Gasteiger partial charge in [0.05, 0.1) is 11.3 Å². The maximum absolute atomic E-state index is 11.8. The standard InChI is InChI=1S/C13H15NO2S/c1-13(2)9-16-12(14-13)17-8-11(15)10-6-4-3-5-7-10/h3-7H,8-9H2,1-2H3. The zero-order valence-electron chi connectivity index (χ0n) is 9.97. The molecule has 0 saturated carbocycles. The number of hydrogen-bond acceptors (Lipinski definition) is 4. The zero-order chi connectivity index (χ0) is 12.3. The summed E-state index contributed by atoms with van der Waals surface area (Å²) in [5.41, 5.74) is 0.579. The molecule has 90 valence electrons. The van der Waals surface area contributed by atoms with Crippen LogP contribution in [0.4, 0.5) is 0 Å². The summed E-state index contributed by atoms with van der Waals surface area (Å²) in [4.78, 5) is 16.2. The highest BCUT2D eigenvalue weighted by Gasteiger charge is 2.26. The predicted molar refractivity (Wildman–Crippen MR) is 70.7 cm³/mol. The molecule has 0 unspecified atom stereocenters. The molecular formula is C13H15NO2S. The molecule has 1 heterocycles. The Hall–Kier alpha value is -1.29. The van der Waals surface area contributed by atoms with E-state index in [2.05, 4.69) is 4.99 Å². The van der Waals surface area contributed by atoms with Crippen LogP contribution in [0.2, 0.25) is 0 Å². The van der Waals surface area contributed by atoms with E-state index in [0.29, 0.717) is 17.6 Å². The first-order chi connectivity index (χ1) is 8.07. The molecule has 2 rings (SSSR count). The second-order valence-corrected chi connectivity index (χ2v) is 5.48. The molecule has 0 amide bonds. The van der Waals surface area contributed by atoms with E-state index in [9.17, 15) is 4.79 Å². The Labute approximate surface area is 105 Å². The monoisotopic (exact) mass is 249 g/mol. The number of carbonyl (C=O) groups excluding carboxylic acids is 1. The van der Waals surface area contributed by atoms with Gasteiger partial charge in [0.25, 0.3) is 0 Å². The third-order valence-corrected chi connectivity index (χ3v) is 3.23. The first-order valence-corrected chi connectivity index (χ1v) is 6.49. The summed E-state index contributed by atoms with van der Waals surface area (Å²) < 4.78 is 5.42. The van der Waals surface area contributed by atoms with E-state index in [1.165, 1.54) is 11.8 Å². The Morgan fingerprint density at radius 1 is 1.41 bits per heavy atom. The van der Waals surface area contributed by atoms with E-state index in [1.807, 2.05) is 44.2 Å². The van der Waals surface area contributed by atoms with Gasteiger partial charge in [0.15, 0.2) is 5.78 Å². The van der Waals surface area contributed by atoms with Crippen LogP contribution in [-0.2, 0) is 4.74 Å². The minimum absolute atomic E-state index is 0.103. The van der Waals surface area contributed by atoms with Crippen LogP contribution in [0.1, 0.15) is 24.2 Å². The summed E-state index contributed by atoms with van der Waals surface area (Å²) in [6.45, 7) is 4.62. The average Bonchev–Trinajstić information content (AvgIpc) is 2.67. The highest BCUT2D eigenvalue weighted by Crippen LogP contribution is 2.22. The normalized spacial score (nSPS) is 17.4. The number of ether oxygens (including phenoxy) is 1. The van der Waals surface area contributed by atoms with E-state index in [1.54, 1.807) is 0 Å². The zero-order valence-corrected chi connectivity index (χ0v) is 10.8. The largest absolute Gasteiger partial charge is 0.470 e. The summed E-state index contributed by atoms with van der Waals surface area (Å²) in [5.74, 6) is 0.477. The van der Waals surface area contributed by atoms with Gasteiger partial charge in [0, 0.05) is 5.56 Å². The van der Waals surface area contributed by atoms with Crippen molar-refractivity contribution < 1.29 is 9.53 Å². The van der Waals surface area contributed by atoms with Crippen molar-refractivity contribution >= 4 is 22.8 Å². The maximum Gasteiger partial charge on any atom is 0.246 e. The van der Waals surface area contributed by atoms with Crippen LogP contribution >= 0.6 is 11.8 Å². The predicted octanol–water partition coefficient (Wildman–Crippen LogP) is 2.77. The van der Waals surface area contributed by atoms with E-state index >= 15 is 0 Å². The summed E-state index contributed by atoms with van der Waals surface area (Å²) >= 11 is 1.37. The van der Waals surface area contributed by atoms with Crippen molar-refractivity contribution in [1.82, 2.24) is 0 Å². The molecule has 1 aromatic rings. The topological polar surface area (TPSA) is 38.7 Å². The summed E-state index contributed by atoms with van der Waals surface area (Å²) in [6, 6.07) is 9.28. The molecule has 0 aromatic heterocycles. The first-order valence-electron chi connectivity index (χ1n) is 5.50.